The summed E-state index contributed by atoms with van der Waals surface area (Å²) in [5, 5.41) is 3.21. The van der Waals surface area contributed by atoms with Gasteiger partial charge < -0.3 is 19.5 Å². The van der Waals surface area contributed by atoms with E-state index < -0.39 is 5.76 Å². The molecule has 140 valence electrons. The smallest absolute Gasteiger partial charge is 0.408 e. The van der Waals surface area contributed by atoms with Gasteiger partial charge in [0.05, 0.1) is 5.52 Å². The van der Waals surface area contributed by atoms with E-state index >= 15 is 0 Å². The van der Waals surface area contributed by atoms with Crippen LogP contribution in [0.25, 0.3) is 11.1 Å². The van der Waals surface area contributed by atoms with Crippen LogP contribution in [0, 0.1) is 0 Å². The molecule has 0 atom stereocenters. The number of nitrogens with one attached hydrogen (secondary N) is 1. The molecule has 2 heterocycles. The van der Waals surface area contributed by atoms with Crippen molar-refractivity contribution in [2.45, 2.75) is 20.4 Å². The molecule has 0 unspecified atom stereocenters. The Bertz CT molecular complexity index is 860. The monoisotopic (exact) mass is 360 g/mol. The number of carbonyl (C=O) groups is 2. The fraction of sp³-hybridized carbons (Fsp3) is 0.500. The second-order valence-electron chi connectivity index (χ2n) is 6.24. The Labute approximate surface area is 151 Å². The normalized spacial score (nSPS) is 14.6. The number of carbonyl (C=O) groups excluding carboxylic acids is 2. The standard InChI is InChI=1S/C18H24N4O4/c1-3-20(4-2)16(23)12-22-14-11-13(5-6-15(14)26-18(22)25)17(24)21-9-7-19-8-10-21/h5-6,11,19H,3-4,7-10,12H2,1-2H3. The van der Waals surface area contributed by atoms with Crippen LogP contribution in [-0.4, -0.2) is 65.4 Å². The number of fused-ring (bicyclic) bond motifs is 1. The topological polar surface area (TPSA) is 87.8 Å². The lowest BCUT2D eigenvalue weighted by atomic mass is 10.1. The van der Waals surface area contributed by atoms with Crippen molar-refractivity contribution >= 4 is 22.9 Å². The van der Waals surface area contributed by atoms with Crippen LogP contribution in [0.4, 0.5) is 0 Å². The summed E-state index contributed by atoms with van der Waals surface area (Å²) in [6.07, 6.45) is 0. The molecule has 0 radical (unpaired) electrons. The number of likely N-dealkylation sites (N-methyl/N-ethyl adjacent to an activating group) is 1. The predicted molar refractivity (Wildman–Crippen MR) is 97.2 cm³/mol. The number of oxazole rings is 1. The SMILES string of the molecule is CCN(CC)C(=O)Cn1c(=O)oc2ccc(C(=O)N3CCNCC3)cc21. The molecule has 1 aromatic heterocycles. The van der Waals surface area contributed by atoms with Gasteiger partial charge in [0.15, 0.2) is 5.58 Å². The highest BCUT2D eigenvalue weighted by molar-refractivity contribution is 5.97. The highest BCUT2D eigenvalue weighted by atomic mass is 16.4. The average molecular weight is 360 g/mol. The van der Waals surface area contributed by atoms with E-state index in [4.69, 9.17) is 4.42 Å². The molecule has 1 fully saturated rings. The van der Waals surface area contributed by atoms with E-state index in [0.717, 1.165) is 13.1 Å². The molecule has 2 amide bonds. The first-order valence-corrected chi connectivity index (χ1v) is 8.96. The quantitative estimate of drug-likeness (QED) is 0.839. The molecule has 1 N–H and O–H groups in total. The van der Waals surface area contributed by atoms with Gasteiger partial charge in [-0.25, -0.2) is 4.79 Å². The minimum atomic E-state index is -0.590. The fourth-order valence-electron chi connectivity index (χ4n) is 3.21. The third kappa shape index (κ3) is 3.50. The third-order valence-corrected chi connectivity index (χ3v) is 4.73. The lowest BCUT2D eigenvalue weighted by Crippen LogP contribution is -2.46. The van der Waals surface area contributed by atoms with Crippen LogP contribution in [0.5, 0.6) is 0 Å². The van der Waals surface area contributed by atoms with E-state index in [9.17, 15) is 14.4 Å². The Balaban J connectivity index is 1.92. The van der Waals surface area contributed by atoms with Gasteiger partial charge in [-0.05, 0) is 32.0 Å². The fourth-order valence-corrected chi connectivity index (χ4v) is 3.21. The van der Waals surface area contributed by atoms with Gasteiger partial charge in [0.25, 0.3) is 5.91 Å². The van der Waals surface area contributed by atoms with Gasteiger partial charge in [0.2, 0.25) is 5.91 Å². The van der Waals surface area contributed by atoms with Gasteiger partial charge >= 0.3 is 5.76 Å². The minimum Gasteiger partial charge on any atom is -0.408 e. The molecule has 1 aliphatic heterocycles. The maximum atomic E-state index is 12.7. The number of amides is 2. The zero-order valence-electron chi connectivity index (χ0n) is 15.2. The van der Waals surface area contributed by atoms with E-state index in [-0.39, 0.29) is 18.4 Å². The number of benzene rings is 1. The van der Waals surface area contributed by atoms with Crippen molar-refractivity contribution in [3.8, 4) is 0 Å². The lowest BCUT2D eigenvalue weighted by Gasteiger charge is -2.27. The maximum absolute atomic E-state index is 12.7. The zero-order valence-corrected chi connectivity index (χ0v) is 15.2. The third-order valence-electron chi connectivity index (χ3n) is 4.73. The molecule has 0 bridgehead atoms. The number of rotatable bonds is 5. The largest absolute Gasteiger partial charge is 0.420 e. The summed E-state index contributed by atoms with van der Waals surface area (Å²) in [5.74, 6) is -0.824. The van der Waals surface area contributed by atoms with Crippen molar-refractivity contribution in [3.05, 3.63) is 34.3 Å². The molecular formula is C18H24N4O4. The molecule has 1 aliphatic rings. The van der Waals surface area contributed by atoms with Crippen molar-refractivity contribution in [1.82, 2.24) is 19.7 Å². The number of piperazine rings is 1. The molecule has 1 aromatic carbocycles. The van der Waals surface area contributed by atoms with E-state index in [2.05, 4.69) is 5.32 Å². The van der Waals surface area contributed by atoms with Crippen molar-refractivity contribution < 1.29 is 14.0 Å². The number of aromatic nitrogens is 1. The molecule has 2 aromatic rings. The molecule has 26 heavy (non-hydrogen) atoms. The van der Waals surface area contributed by atoms with Crippen LogP contribution in [-0.2, 0) is 11.3 Å². The first kappa shape index (κ1) is 18.2. The van der Waals surface area contributed by atoms with Gasteiger partial charge in [-0.15, -0.1) is 0 Å². The van der Waals surface area contributed by atoms with Crippen molar-refractivity contribution in [2.24, 2.45) is 0 Å². The van der Waals surface area contributed by atoms with Crippen LogP contribution < -0.4 is 11.1 Å². The predicted octanol–water partition coefficient (Wildman–Crippen LogP) is 0.508. The van der Waals surface area contributed by atoms with Crippen molar-refractivity contribution in [3.63, 3.8) is 0 Å². The van der Waals surface area contributed by atoms with Gasteiger partial charge in [0, 0.05) is 44.8 Å². The van der Waals surface area contributed by atoms with Crippen molar-refractivity contribution in [1.29, 1.82) is 0 Å². The molecule has 8 nitrogen and oxygen atoms in total. The van der Waals surface area contributed by atoms with E-state index in [1.165, 1.54) is 4.57 Å². The van der Waals surface area contributed by atoms with Gasteiger partial charge in [-0.1, -0.05) is 0 Å². The molecule has 0 saturated carbocycles. The summed E-state index contributed by atoms with van der Waals surface area (Å²) in [4.78, 5) is 40.7. The Hall–Kier alpha value is -2.61. The van der Waals surface area contributed by atoms with E-state index in [0.29, 0.717) is 42.8 Å². The molecule has 0 spiro atoms. The summed E-state index contributed by atoms with van der Waals surface area (Å²) in [5.41, 5.74) is 1.33. The lowest BCUT2D eigenvalue weighted by molar-refractivity contribution is -0.131. The number of hydrogen-bond acceptors (Lipinski definition) is 5. The molecule has 1 saturated heterocycles. The summed E-state index contributed by atoms with van der Waals surface area (Å²) in [6.45, 7) is 7.67. The zero-order chi connectivity index (χ0) is 18.7. The van der Waals surface area contributed by atoms with Gasteiger partial charge in [-0.2, -0.15) is 0 Å². The Morgan fingerprint density at radius 3 is 2.54 bits per heavy atom. The summed E-state index contributed by atoms with van der Waals surface area (Å²) < 4.78 is 6.53. The molecule has 0 aliphatic carbocycles. The second kappa shape index (κ2) is 7.74. The second-order valence-corrected chi connectivity index (χ2v) is 6.24. The van der Waals surface area contributed by atoms with Crippen LogP contribution in [0.1, 0.15) is 24.2 Å². The summed E-state index contributed by atoms with van der Waals surface area (Å²) in [6, 6.07) is 4.91. The maximum Gasteiger partial charge on any atom is 0.420 e. The van der Waals surface area contributed by atoms with Crippen molar-refractivity contribution in [2.75, 3.05) is 39.3 Å². The number of nitrogens with zero attached hydrogens (tertiary/aromatic N) is 3. The highest BCUT2D eigenvalue weighted by Crippen LogP contribution is 2.17. The van der Waals surface area contributed by atoms with E-state index in [1.54, 1.807) is 28.0 Å². The Morgan fingerprint density at radius 2 is 1.88 bits per heavy atom. The minimum absolute atomic E-state index is 0.0799. The van der Waals surface area contributed by atoms with E-state index in [1.807, 2.05) is 13.8 Å². The Morgan fingerprint density at radius 1 is 1.19 bits per heavy atom. The average Bonchev–Trinajstić information content (AvgIpc) is 2.97. The first-order chi connectivity index (χ1) is 12.5. The molecule has 8 heteroatoms. The highest BCUT2D eigenvalue weighted by Gasteiger charge is 2.21. The van der Waals surface area contributed by atoms with Gasteiger partial charge in [0.1, 0.15) is 6.54 Å². The van der Waals surface area contributed by atoms with Crippen LogP contribution in [0.15, 0.2) is 27.4 Å². The molecular weight excluding hydrogens is 336 g/mol. The van der Waals surface area contributed by atoms with Crippen LogP contribution in [0.2, 0.25) is 0 Å². The molecule has 3 rings (SSSR count). The number of hydrogen-bond donors (Lipinski definition) is 1. The van der Waals surface area contributed by atoms with Crippen LogP contribution in [0.3, 0.4) is 0 Å². The Kier molecular flexibility index (Phi) is 5.41. The summed E-state index contributed by atoms with van der Waals surface area (Å²) >= 11 is 0. The summed E-state index contributed by atoms with van der Waals surface area (Å²) in [7, 11) is 0. The first-order valence-electron chi connectivity index (χ1n) is 8.96. The van der Waals surface area contributed by atoms with Crippen LogP contribution >= 0.6 is 0 Å². The van der Waals surface area contributed by atoms with Gasteiger partial charge in [-0.3, -0.25) is 14.2 Å².